The average Bonchev–Trinajstić information content (AvgIpc) is 3.01. The van der Waals surface area contributed by atoms with Crippen LogP contribution in [0.3, 0.4) is 0 Å². The summed E-state index contributed by atoms with van der Waals surface area (Å²) >= 11 is 0. The van der Waals surface area contributed by atoms with Crippen molar-refractivity contribution in [3.05, 3.63) is 62.7 Å². The molecule has 31 heavy (non-hydrogen) atoms. The molecule has 2 aromatic rings. The lowest BCUT2D eigenvalue weighted by atomic mass is 9.98. The Labute approximate surface area is 177 Å². The van der Waals surface area contributed by atoms with Crippen LogP contribution in [-0.4, -0.2) is 59.8 Å². The second kappa shape index (κ2) is 7.71. The van der Waals surface area contributed by atoms with Gasteiger partial charge in [0.15, 0.2) is 11.5 Å². The van der Waals surface area contributed by atoms with E-state index in [0.29, 0.717) is 31.0 Å². The van der Waals surface area contributed by atoms with Crippen LogP contribution >= 0.6 is 0 Å². The second-order valence-electron chi connectivity index (χ2n) is 7.22. The lowest BCUT2D eigenvalue weighted by molar-refractivity contribution is -0.384. The molecule has 160 valence electrons. The molecule has 2 aromatic carbocycles. The van der Waals surface area contributed by atoms with Crippen LogP contribution < -0.4 is 9.47 Å². The van der Waals surface area contributed by atoms with E-state index in [4.69, 9.17) is 9.47 Å². The molecule has 0 unspecified atom stereocenters. The molecule has 0 spiro atoms. The van der Waals surface area contributed by atoms with Crippen LogP contribution in [0.25, 0.3) is 0 Å². The Kier molecular flexibility index (Phi) is 5.05. The summed E-state index contributed by atoms with van der Waals surface area (Å²) in [6.07, 6.45) is 0.593. The van der Waals surface area contributed by atoms with Gasteiger partial charge in [-0.1, -0.05) is 0 Å². The van der Waals surface area contributed by atoms with E-state index in [9.17, 15) is 24.5 Å². The van der Waals surface area contributed by atoms with Crippen LogP contribution in [-0.2, 0) is 17.8 Å². The Bertz CT molecular complexity index is 1130. The first-order chi connectivity index (χ1) is 14.8. The first-order valence-electron chi connectivity index (χ1n) is 9.50. The van der Waals surface area contributed by atoms with Gasteiger partial charge in [-0.2, -0.15) is 0 Å². The van der Waals surface area contributed by atoms with Gasteiger partial charge >= 0.3 is 0 Å². The predicted octanol–water partition coefficient (Wildman–Crippen LogP) is 1.79. The Morgan fingerprint density at radius 2 is 1.68 bits per heavy atom. The second-order valence-corrected chi connectivity index (χ2v) is 7.22. The van der Waals surface area contributed by atoms with Crippen LogP contribution in [0.5, 0.6) is 11.5 Å². The van der Waals surface area contributed by atoms with Gasteiger partial charge in [0.1, 0.15) is 6.54 Å². The number of imide groups is 1. The molecule has 0 saturated carbocycles. The number of rotatable bonds is 5. The number of nitro benzene ring substituents is 1. The van der Waals surface area contributed by atoms with E-state index in [0.717, 1.165) is 22.1 Å². The minimum atomic E-state index is -0.708. The molecule has 0 radical (unpaired) electrons. The molecule has 0 fully saturated rings. The fraction of sp³-hybridized carbons (Fsp3) is 0.286. The Morgan fingerprint density at radius 3 is 2.32 bits per heavy atom. The summed E-state index contributed by atoms with van der Waals surface area (Å²) in [4.78, 5) is 50.8. The van der Waals surface area contributed by atoms with Crippen LogP contribution in [0.2, 0.25) is 0 Å². The van der Waals surface area contributed by atoms with E-state index >= 15 is 0 Å². The van der Waals surface area contributed by atoms with Gasteiger partial charge < -0.3 is 14.4 Å². The zero-order chi connectivity index (χ0) is 22.3. The highest BCUT2D eigenvalue weighted by atomic mass is 16.6. The Balaban J connectivity index is 1.51. The third kappa shape index (κ3) is 3.45. The largest absolute Gasteiger partial charge is 0.493 e. The lowest BCUT2D eigenvalue weighted by Crippen LogP contribution is -2.44. The molecule has 2 aliphatic rings. The molecule has 2 aliphatic heterocycles. The van der Waals surface area contributed by atoms with Crippen molar-refractivity contribution in [1.82, 2.24) is 9.80 Å². The molecule has 0 aliphatic carbocycles. The molecular formula is C21H19N3O7. The van der Waals surface area contributed by atoms with Crippen molar-refractivity contribution in [2.75, 3.05) is 27.3 Å². The van der Waals surface area contributed by atoms with Crippen LogP contribution in [0.15, 0.2) is 30.3 Å². The minimum Gasteiger partial charge on any atom is -0.493 e. The number of amides is 3. The Hall–Kier alpha value is -3.95. The van der Waals surface area contributed by atoms with Gasteiger partial charge in [-0.15, -0.1) is 0 Å². The van der Waals surface area contributed by atoms with E-state index in [2.05, 4.69) is 0 Å². The van der Waals surface area contributed by atoms with Crippen LogP contribution in [0, 0.1) is 10.1 Å². The number of ether oxygens (including phenoxy) is 2. The predicted molar refractivity (Wildman–Crippen MR) is 107 cm³/mol. The number of hydrogen-bond acceptors (Lipinski definition) is 7. The smallest absolute Gasteiger partial charge is 0.270 e. The monoisotopic (exact) mass is 425 g/mol. The summed E-state index contributed by atoms with van der Waals surface area (Å²) in [5, 5.41) is 11.0. The molecule has 3 amide bonds. The first-order valence-corrected chi connectivity index (χ1v) is 9.50. The Morgan fingerprint density at radius 1 is 1.03 bits per heavy atom. The fourth-order valence-corrected chi connectivity index (χ4v) is 3.87. The maximum Gasteiger partial charge on any atom is 0.270 e. The molecule has 0 saturated heterocycles. The quantitative estimate of drug-likeness (QED) is 0.407. The molecule has 0 aromatic heterocycles. The van der Waals surface area contributed by atoms with Gasteiger partial charge in [-0.05, 0) is 35.7 Å². The third-order valence-corrected chi connectivity index (χ3v) is 5.53. The number of methoxy groups -OCH3 is 2. The third-order valence-electron chi connectivity index (χ3n) is 5.53. The van der Waals surface area contributed by atoms with Gasteiger partial charge in [0.2, 0.25) is 5.91 Å². The van der Waals surface area contributed by atoms with Gasteiger partial charge in [0.25, 0.3) is 17.5 Å². The number of nitrogens with zero attached hydrogens (tertiary/aromatic N) is 3. The van der Waals surface area contributed by atoms with E-state index in [-0.39, 0.29) is 22.7 Å². The highest BCUT2D eigenvalue weighted by molar-refractivity contribution is 6.22. The number of nitro groups is 1. The van der Waals surface area contributed by atoms with Crippen LogP contribution in [0.4, 0.5) is 5.69 Å². The zero-order valence-corrected chi connectivity index (χ0v) is 16.9. The summed E-state index contributed by atoms with van der Waals surface area (Å²) < 4.78 is 10.6. The van der Waals surface area contributed by atoms with E-state index in [1.54, 1.807) is 12.0 Å². The normalized spacial score (nSPS) is 14.9. The molecule has 4 rings (SSSR count). The summed E-state index contributed by atoms with van der Waals surface area (Å²) in [6.45, 7) is 0.307. The number of benzene rings is 2. The number of non-ortho nitro benzene ring substituents is 1. The molecular weight excluding hydrogens is 406 g/mol. The SMILES string of the molecule is COc1cc2c(cc1OC)CN(C(=O)CN1C(=O)c3ccc([N+](=O)[O-])cc3C1=O)CC2. The molecule has 0 atom stereocenters. The molecule has 10 nitrogen and oxygen atoms in total. The van der Waals surface area contributed by atoms with Crippen molar-refractivity contribution in [2.45, 2.75) is 13.0 Å². The number of hydrogen-bond donors (Lipinski definition) is 0. The lowest BCUT2D eigenvalue weighted by Gasteiger charge is -2.30. The van der Waals surface area contributed by atoms with Crippen molar-refractivity contribution in [1.29, 1.82) is 0 Å². The first kappa shape index (κ1) is 20.3. The maximum atomic E-state index is 12.9. The van der Waals surface area contributed by atoms with E-state index < -0.39 is 23.3 Å². The average molecular weight is 425 g/mol. The van der Waals surface area contributed by atoms with E-state index in [1.807, 2.05) is 12.1 Å². The van der Waals surface area contributed by atoms with Gasteiger partial charge in [0.05, 0.1) is 30.3 Å². The molecule has 10 heteroatoms. The minimum absolute atomic E-state index is 0.0595. The fourth-order valence-electron chi connectivity index (χ4n) is 3.87. The van der Waals surface area contributed by atoms with E-state index in [1.165, 1.54) is 19.2 Å². The summed E-state index contributed by atoms with van der Waals surface area (Å²) in [5.74, 6) is -0.559. The zero-order valence-electron chi connectivity index (χ0n) is 16.9. The van der Waals surface area contributed by atoms with Crippen molar-refractivity contribution < 1.29 is 28.8 Å². The molecule has 0 bridgehead atoms. The van der Waals surface area contributed by atoms with Crippen molar-refractivity contribution in [2.24, 2.45) is 0 Å². The van der Waals surface area contributed by atoms with Crippen molar-refractivity contribution >= 4 is 23.4 Å². The highest BCUT2D eigenvalue weighted by Crippen LogP contribution is 2.33. The highest BCUT2D eigenvalue weighted by Gasteiger charge is 2.38. The van der Waals surface area contributed by atoms with Gasteiger partial charge in [-0.25, -0.2) is 0 Å². The summed E-state index contributed by atoms with van der Waals surface area (Å²) in [7, 11) is 3.09. The number of carbonyl (C=O) groups excluding carboxylic acids is 3. The molecule has 0 N–H and O–H groups in total. The van der Waals surface area contributed by atoms with Crippen molar-refractivity contribution in [3.63, 3.8) is 0 Å². The standard InChI is InChI=1S/C21H19N3O7/c1-30-17-7-12-5-6-22(10-13(12)8-18(17)31-2)19(25)11-23-20(26)15-4-3-14(24(28)29)9-16(15)21(23)27/h3-4,7-9H,5-6,10-11H2,1-2H3. The van der Waals surface area contributed by atoms with Crippen LogP contribution in [0.1, 0.15) is 31.8 Å². The van der Waals surface area contributed by atoms with Gasteiger partial charge in [0, 0.05) is 25.2 Å². The topological polar surface area (TPSA) is 119 Å². The maximum absolute atomic E-state index is 12.9. The summed E-state index contributed by atoms with van der Waals surface area (Å²) in [6, 6.07) is 7.17. The summed E-state index contributed by atoms with van der Waals surface area (Å²) in [5.41, 5.74) is 1.65. The van der Waals surface area contributed by atoms with Crippen molar-refractivity contribution in [3.8, 4) is 11.5 Å². The number of carbonyl (C=O) groups is 3. The molecule has 2 heterocycles. The number of fused-ring (bicyclic) bond motifs is 2. The van der Waals surface area contributed by atoms with Gasteiger partial charge in [-0.3, -0.25) is 29.4 Å².